The zero-order chi connectivity index (χ0) is 16.7. The topological polar surface area (TPSA) is 93.5 Å². The van der Waals surface area contributed by atoms with E-state index in [0.29, 0.717) is 6.54 Å². The first-order chi connectivity index (χ1) is 11.1. The van der Waals surface area contributed by atoms with E-state index in [1.54, 1.807) is 18.4 Å². The number of thiophene rings is 1. The SMILES string of the molecule is COc1ccc(-c2ccc(CNC(=O)CNC(=O)CN)s2)cc1.Cl. The van der Waals surface area contributed by atoms with Crippen molar-refractivity contribution in [3.63, 3.8) is 0 Å². The number of hydrogen-bond donors (Lipinski definition) is 3. The van der Waals surface area contributed by atoms with Crippen LogP contribution < -0.4 is 21.1 Å². The molecule has 24 heavy (non-hydrogen) atoms. The molecule has 0 atom stereocenters. The summed E-state index contributed by atoms with van der Waals surface area (Å²) in [7, 11) is 1.64. The molecule has 0 unspecified atom stereocenters. The van der Waals surface area contributed by atoms with Crippen LogP contribution in [0.4, 0.5) is 0 Å². The van der Waals surface area contributed by atoms with Gasteiger partial charge >= 0.3 is 0 Å². The Morgan fingerprint density at radius 2 is 1.79 bits per heavy atom. The van der Waals surface area contributed by atoms with E-state index >= 15 is 0 Å². The Morgan fingerprint density at radius 1 is 1.08 bits per heavy atom. The molecule has 0 aliphatic carbocycles. The van der Waals surface area contributed by atoms with Crippen LogP contribution in [0.3, 0.4) is 0 Å². The van der Waals surface area contributed by atoms with Crippen LogP contribution in [0.15, 0.2) is 36.4 Å². The van der Waals surface area contributed by atoms with Gasteiger partial charge in [-0.1, -0.05) is 0 Å². The smallest absolute Gasteiger partial charge is 0.239 e. The lowest BCUT2D eigenvalue weighted by molar-refractivity contribution is -0.125. The number of nitrogens with two attached hydrogens (primary N) is 1. The third-order valence-electron chi connectivity index (χ3n) is 3.13. The molecule has 2 amide bonds. The van der Waals surface area contributed by atoms with E-state index in [2.05, 4.69) is 10.6 Å². The van der Waals surface area contributed by atoms with Gasteiger partial charge < -0.3 is 21.1 Å². The Hall–Kier alpha value is -2.09. The average molecular weight is 370 g/mol. The van der Waals surface area contributed by atoms with Crippen molar-refractivity contribution < 1.29 is 14.3 Å². The molecule has 0 saturated heterocycles. The van der Waals surface area contributed by atoms with Crippen molar-refractivity contribution in [2.75, 3.05) is 20.2 Å². The normalized spacial score (nSPS) is 9.75. The maximum absolute atomic E-state index is 11.6. The summed E-state index contributed by atoms with van der Waals surface area (Å²) in [6.45, 7) is 0.244. The summed E-state index contributed by atoms with van der Waals surface area (Å²) in [6.07, 6.45) is 0. The molecule has 0 saturated carbocycles. The second-order valence-electron chi connectivity index (χ2n) is 4.75. The van der Waals surface area contributed by atoms with Crippen LogP contribution in [-0.4, -0.2) is 32.0 Å². The predicted molar refractivity (Wildman–Crippen MR) is 97.5 cm³/mol. The molecule has 4 N–H and O–H groups in total. The number of hydrogen-bond acceptors (Lipinski definition) is 5. The van der Waals surface area contributed by atoms with Gasteiger partial charge in [0.25, 0.3) is 0 Å². The molecule has 0 spiro atoms. The van der Waals surface area contributed by atoms with Gasteiger partial charge in [0.05, 0.1) is 26.7 Å². The van der Waals surface area contributed by atoms with Crippen molar-refractivity contribution >= 4 is 35.6 Å². The van der Waals surface area contributed by atoms with Gasteiger partial charge in [0.1, 0.15) is 5.75 Å². The van der Waals surface area contributed by atoms with Crippen molar-refractivity contribution in [2.45, 2.75) is 6.54 Å². The van der Waals surface area contributed by atoms with Gasteiger partial charge in [0.15, 0.2) is 0 Å². The summed E-state index contributed by atoms with van der Waals surface area (Å²) in [5.74, 6) is 0.224. The molecular weight excluding hydrogens is 350 g/mol. The molecular formula is C16H20ClN3O3S. The molecule has 2 rings (SSSR count). The van der Waals surface area contributed by atoms with Crippen molar-refractivity contribution in [3.05, 3.63) is 41.3 Å². The Labute approximate surface area is 150 Å². The summed E-state index contributed by atoms with van der Waals surface area (Å²) in [6, 6.07) is 11.8. The lowest BCUT2D eigenvalue weighted by Crippen LogP contribution is -2.39. The van der Waals surface area contributed by atoms with E-state index in [4.69, 9.17) is 10.5 Å². The highest BCUT2D eigenvalue weighted by atomic mass is 35.5. The van der Waals surface area contributed by atoms with Crippen LogP contribution in [0.2, 0.25) is 0 Å². The largest absolute Gasteiger partial charge is 0.497 e. The zero-order valence-corrected chi connectivity index (χ0v) is 14.8. The maximum atomic E-state index is 11.6. The standard InChI is InChI=1S/C16H19N3O3S.ClH/c1-22-12-4-2-11(3-5-12)14-7-6-13(23-14)9-18-16(21)10-19-15(20)8-17;/h2-7H,8-10,17H2,1H3,(H,18,21)(H,19,20);1H. The second-order valence-corrected chi connectivity index (χ2v) is 5.92. The summed E-state index contributed by atoms with van der Waals surface area (Å²) >= 11 is 1.61. The summed E-state index contributed by atoms with van der Waals surface area (Å²) in [5.41, 5.74) is 6.25. The molecule has 1 heterocycles. The molecule has 8 heteroatoms. The van der Waals surface area contributed by atoms with Crippen LogP contribution in [0.5, 0.6) is 5.75 Å². The van der Waals surface area contributed by atoms with Gasteiger partial charge in [-0.15, -0.1) is 23.7 Å². The number of carbonyl (C=O) groups excluding carboxylic acids is 2. The highest BCUT2D eigenvalue weighted by molar-refractivity contribution is 7.15. The van der Waals surface area contributed by atoms with Crippen molar-refractivity contribution in [1.82, 2.24) is 10.6 Å². The second kappa shape index (κ2) is 9.92. The molecule has 0 bridgehead atoms. The fourth-order valence-corrected chi connectivity index (χ4v) is 2.84. The number of carbonyl (C=O) groups is 2. The van der Waals surface area contributed by atoms with E-state index in [-0.39, 0.29) is 37.3 Å². The van der Waals surface area contributed by atoms with Crippen LogP contribution in [-0.2, 0) is 16.1 Å². The first-order valence-corrected chi connectivity index (χ1v) is 7.90. The lowest BCUT2D eigenvalue weighted by atomic mass is 10.2. The number of ether oxygens (including phenoxy) is 1. The minimum atomic E-state index is -0.349. The number of rotatable bonds is 7. The molecule has 0 aliphatic rings. The molecule has 0 aliphatic heterocycles. The predicted octanol–water partition coefficient (Wildman–Crippen LogP) is 1.54. The summed E-state index contributed by atoms with van der Waals surface area (Å²) in [4.78, 5) is 24.7. The minimum Gasteiger partial charge on any atom is -0.497 e. The molecule has 6 nitrogen and oxygen atoms in total. The lowest BCUT2D eigenvalue weighted by Gasteiger charge is -2.05. The Bertz CT molecular complexity index is 673. The Balaban J connectivity index is 0.00000288. The van der Waals surface area contributed by atoms with Crippen LogP contribution in [0.25, 0.3) is 10.4 Å². The highest BCUT2D eigenvalue weighted by Gasteiger charge is 2.06. The van der Waals surface area contributed by atoms with E-state index < -0.39 is 0 Å². The van der Waals surface area contributed by atoms with Crippen molar-refractivity contribution in [1.29, 1.82) is 0 Å². The molecule has 2 aromatic rings. The molecule has 130 valence electrons. The monoisotopic (exact) mass is 369 g/mol. The molecule has 0 fully saturated rings. The number of nitrogens with one attached hydrogen (secondary N) is 2. The highest BCUT2D eigenvalue weighted by Crippen LogP contribution is 2.29. The van der Waals surface area contributed by atoms with Gasteiger partial charge in [0, 0.05) is 9.75 Å². The first-order valence-electron chi connectivity index (χ1n) is 7.09. The van der Waals surface area contributed by atoms with Gasteiger partial charge in [-0.3, -0.25) is 9.59 Å². The fourth-order valence-electron chi connectivity index (χ4n) is 1.88. The Morgan fingerprint density at radius 3 is 2.42 bits per heavy atom. The summed E-state index contributed by atoms with van der Waals surface area (Å²) in [5, 5.41) is 5.18. The van der Waals surface area contributed by atoms with E-state index in [1.165, 1.54) is 0 Å². The first kappa shape index (κ1) is 20.0. The zero-order valence-electron chi connectivity index (χ0n) is 13.2. The fraction of sp³-hybridized carbons (Fsp3) is 0.250. The quantitative estimate of drug-likeness (QED) is 0.690. The van der Waals surface area contributed by atoms with E-state index in [9.17, 15) is 9.59 Å². The van der Waals surface area contributed by atoms with Gasteiger partial charge in [0.2, 0.25) is 11.8 Å². The maximum Gasteiger partial charge on any atom is 0.239 e. The van der Waals surface area contributed by atoms with Gasteiger partial charge in [-0.25, -0.2) is 0 Å². The Kier molecular flexibility index (Phi) is 8.25. The van der Waals surface area contributed by atoms with E-state index in [1.807, 2.05) is 36.4 Å². The number of amides is 2. The van der Waals surface area contributed by atoms with Crippen LogP contribution >= 0.6 is 23.7 Å². The third-order valence-corrected chi connectivity index (χ3v) is 4.26. The van der Waals surface area contributed by atoms with E-state index in [0.717, 1.165) is 21.1 Å². The van der Waals surface area contributed by atoms with Crippen LogP contribution in [0, 0.1) is 0 Å². The number of methoxy groups -OCH3 is 1. The van der Waals surface area contributed by atoms with Crippen molar-refractivity contribution in [2.24, 2.45) is 5.73 Å². The summed E-state index contributed by atoms with van der Waals surface area (Å²) < 4.78 is 5.14. The average Bonchev–Trinajstić information content (AvgIpc) is 3.06. The van der Waals surface area contributed by atoms with Crippen molar-refractivity contribution in [3.8, 4) is 16.2 Å². The van der Waals surface area contributed by atoms with Gasteiger partial charge in [-0.2, -0.15) is 0 Å². The number of halogens is 1. The minimum absolute atomic E-state index is 0. The third kappa shape index (κ3) is 5.84. The van der Waals surface area contributed by atoms with Crippen LogP contribution in [0.1, 0.15) is 4.88 Å². The molecule has 0 radical (unpaired) electrons. The van der Waals surface area contributed by atoms with Gasteiger partial charge in [-0.05, 0) is 42.0 Å². The molecule has 1 aromatic carbocycles. The number of benzene rings is 1. The molecule has 1 aromatic heterocycles.